The Bertz CT molecular complexity index is 304. The number of hydrogen-bond donors (Lipinski definition) is 1. The third-order valence-corrected chi connectivity index (χ3v) is 1.38. The normalized spacial score (nSPS) is 9.69. The lowest BCUT2D eigenvalue weighted by Gasteiger charge is -2.01. The van der Waals surface area contributed by atoms with E-state index in [0.29, 0.717) is 0 Å². The summed E-state index contributed by atoms with van der Waals surface area (Å²) in [5.74, 6) is -0.922. The maximum Gasteiger partial charge on any atom is 0.249 e. The Labute approximate surface area is 74.7 Å². The number of halogens is 1. The quantitative estimate of drug-likeness (QED) is 0.693. The van der Waals surface area contributed by atoms with Crippen LogP contribution in [-0.2, 0) is 16.1 Å². The summed E-state index contributed by atoms with van der Waals surface area (Å²) in [6.45, 7) is 0. The lowest BCUT2D eigenvalue weighted by molar-refractivity contribution is -0.130. The highest BCUT2D eigenvalue weighted by atomic mass is 19.1. The number of nitrogens with one attached hydrogen (secondary N) is 1. The summed E-state index contributed by atoms with van der Waals surface area (Å²) >= 11 is 0. The van der Waals surface area contributed by atoms with E-state index in [0.717, 1.165) is 0 Å². The van der Waals surface area contributed by atoms with Gasteiger partial charge in [0.15, 0.2) is 0 Å². The average molecular weight is 184 g/mol. The summed E-state index contributed by atoms with van der Waals surface area (Å²) in [7, 11) is 1.31. The molecule has 0 aliphatic carbocycles. The molecule has 0 saturated heterocycles. The minimum atomic E-state index is -0.492. The van der Waals surface area contributed by atoms with Gasteiger partial charge in [0, 0.05) is 6.20 Å². The summed E-state index contributed by atoms with van der Waals surface area (Å²) < 4.78 is 12.9. The standard InChI is InChI=1S/C8H9FN2O2/c1-13-11-8(12)5-7-6(9)3-2-4-10-7/h2-4H,5H2,1H3,(H,11,12). The molecule has 0 atom stereocenters. The van der Waals surface area contributed by atoms with Crippen LogP contribution in [0.25, 0.3) is 0 Å². The molecule has 5 heteroatoms. The first kappa shape index (κ1) is 9.60. The first-order chi connectivity index (χ1) is 6.24. The van der Waals surface area contributed by atoms with Gasteiger partial charge in [0.2, 0.25) is 5.91 Å². The van der Waals surface area contributed by atoms with Gasteiger partial charge in [0.25, 0.3) is 0 Å². The molecule has 1 aromatic rings. The topological polar surface area (TPSA) is 51.2 Å². The third-order valence-electron chi connectivity index (χ3n) is 1.38. The van der Waals surface area contributed by atoms with Gasteiger partial charge in [0.1, 0.15) is 5.82 Å². The van der Waals surface area contributed by atoms with Crippen molar-refractivity contribution in [2.24, 2.45) is 0 Å². The molecule has 1 rings (SSSR count). The summed E-state index contributed by atoms with van der Waals surface area (Å²) in [5.41, 5.74) is 2.18. The van der Waals surface area contributed by atoms with E-state index >= 15 is 0 Å². The van der Waals surface area contributed by atoms with E-state index in [2.05, 4.69) is 15.3 Å². The number of amides is 1. The molecule has 0 fully saturated rings. The van der Waals surface area contributed by atoms with E-state index in [4.69, 9.17) is 0 Å². The van der Waals surface area contributed by atoms with Gasteiger partial charge in [-0.2, -0.15) is 0 Å². The van der Waals surface area contributed by atoms with Crippen LogP contribution in [0.2, 0.25) is 0 Å². The van der Waals surface area contributed by atoms with Crippen molar-refractivity contribution in [3.05, 3.63) is 29.8 Å². The molecular formula is C8H9FN2O2. The zero-order valence-electron chi connectivity index (χ0n) is 7.08. The van der Waals surface area contributed by atoms with Gasteiger partial charge in [-0.05, 0) is 12.1 Å². The lowest BCUT2D eigenvalue weighted by Crippen LogP contribution is -2.24. The van der Waals surface area contributed by atoms with E-state index in [1.54, 1.807) is 0 Å². The molecule has 4 nitrogen and oxygen atoms in total. The molecule has 13 heavy (non-hydrogen) atoms. The number of nitrogens with zero attached hydrogens (tertiary/aromatic N) is 1. The maximum absolute atomic E-state index is 12.9. The lowest BCUT2D eigenvalue weighted by atomic mass is 10.2. The van der Waals surface area contributed by atoms with E-state index in [9.17, 15) is 9.18 Å². The molecule has 0 saturated carbocycles. The van der Waals surface area contributed by atoms with Crippen molar-refractivity contribution in [3.8, 4) is 0 Å². The fourth-order valence-corrected chi connectivity index (χ4v) is 0.850. The SMILES string of the molecule is CONC(=O)Cc1ncccc1F. The molecule has 0 spiro atoms. The Hall–Kier alpha value is -1.49. The first-order valence-corrected chi connectivity index (χ1v) is 3.65. The Morgan fingerprint density at radius 1 is 1.77 bits per heavy atom. The molecule has 70 valence electrons. The van der Waals surface area contributed by atoms with Crippen molar-refractivity contribution >= 4 is 5.91 Å². The zero-order chi connectivity index (χ0) is 9.68. The van der Waals surface area contributed by atoms with E-state index < -0.39 is 11.7 Å². The Morgan fingerprint density at radius 3 is 3.15 bits per heavy atom. The summed E-state index contributed by atoms with van der Waals surface area (Å²) in [4.78, 5) is 19.0. The predicted molar refractivity (Wildman–Crippen MR) is 43.1 cm³/mol. The van der Waals surface area contributed by atoms with Crippen molar-refractivity contribution in [1.82, 2.24) is 10.5 Å². The third kappa shape index (κ3) is 2.79. The highest BCUT2D eigenvalue weighted by molar-refractivity contribution is 5.77. The summed E-state index contributed by atoms with van der Waals surface area (Å²) in [6, 6.07) is 2.72. The highest BCUT2D eigenvalue weighted by Crippen LogP contribution is 2.02. The fourth-order valence-electron chi connectivity index (χ4n) is 0.850. The van der Waals surface area contributed by atoms with Crippen molar-refractivity contribution in [3.63, 3.8) is 0 Å². The van der Waals surface area contributed by atoms with Gasteiger partial charge in [-0.15, -0.1) is 0 Å². The number of hydrogen-bond acceptors (Lipinski definition) is 3. The molecule has 1 amide bonds. The number of carbonyl (C=O) groups is 1. The molecule has 0 radical (unpaired) electrons. The van der Waals surface area contributed by atoms with E-state index in [-0.39, 0.29) is 12.1 Å². The number of rotatable bonds is 3. The molecule has 0 aliphatic rings. The molecule has 1 heterocycles. The van der Waals surface area contributed by atoms with Crippen LogP contribution in [-0.4, -0.2) is 18.0 Å². The number of hydroxylamine groups is 1. The Kier molecular flexibility index (Phi) is 3.33. The van der Waals surface area contributed by atoms with Crippen LogP contribution in [0.5, 0.6) is 0 Å². The van der Waals surface area contributed by atoms with Crippen molar-refractivity contribution in [2.45, 2.75) is 6.42 Å². The maximum atomic E-state index is 12.9. The Morgan fingerprint density at radius 2 is 2.54 bits per heavy atom. The fraction of sp³-hybridized carbons (Fsp3) is 0.250. The van der Waals surface area contributed by atoms with Crippen molar-refractivity contribution < 1.29 is 14.0 Å². The van der Waals surface area contributed by atoms with Gasteiger partial charge in [-0.3, -0.25) is 14.6 Å². The minimum Gasteiger partial charge on any atom is -0.277 e. The molecule has 1 N–H and O–H groups in total. The first-order valence-electron chi connectivity index (χ1n) is 3.65. The molecule has 0 aromatic carbocycles. The second kappa shape index (κ2) is 4.51. The van der Waals surface area contributed by atoms with Crippen molar-refractivity contribution in [2.75, 3.05) is 7.11 Å². The zero-order valence-corrected chi connectivity index (χ0v) is 7.08. The average Bonchev–Trinajstić information content (AvgIpc) is 2.09. The smallest absolute Gasteiger partial charge is 0.249 e. The highest BCUT2D eigenvalue weighted by Gasteiger charge is 2.07. The van der Waals surface area contributed by atoms with Crippen LogP contribution in [0.4, 0.5) is 4.39 Å². The summed E-state index contributed by atoms with van der Waals surface area (Å²) in [6.07, 6.45) is 1.30. The van der Waals surface area contributed by atoms with Crippen LogP contribution in [0.15, 0.2) is 18.3 Å². The number of pyridine rings is 1. The van der Waals surface area contributed by atoms with Gasteiger partial charge < -0.3 is 0 Å². The largest absolute Gasteiger partial charge is 0.277 e. The molecule has 0 bridgehead atoms. The van der Waals surface area contributed by atoms with Gasteiger partial charge in [0.05, 0.1) is 19.2 Å². The van der Waals surface area contributed by atoms with Crippen LogP contribution >= 0.6 is 0 Å². The molecule has 0 unspecified atom stereocenters. The number of aromatic nitrogens is 1. The minimum absolute atomic E-state index is 0.108. The molecular weight excluding hydrogens is 175 g/mol. The predicted octanol–water partition coefficient (Wildman–Crippen LogP) is 0.441. The summed E-state index contributed by atoms with van der Waals surface area (Å²) in [5, 5.41) is 0. The van der Waals surface area contributed by atoms with Crippen LogP contribution < -0.4 is 5.48 Å². The van der Waals surface area contributed by atoms with Crippen LogP contribution in [0.3, 0.4) is 0 Å². The van der Waals surface area contributed by atoms with E-state index in [1.807, 2.05) is 0 Å². The monoisotopic (exact) mass is 184 g/mol. The Balaban J connectivity index is 2.63. The molecule has 0 aliphatic heterocycles. The van der Waals surface area contributed by atoms with Gasteiger partial charge in [-0.25, -0.2) is 9.87 Å². The van der Waals surface area contributed by atoms with Gasteiger partial charge >= 0.3 is 0 Å². The molecule has 1 aromatic heterocycles. The second-order valence-corrected chi connectivity index (χ2v) is 2.34. The van der Waals surface area contributed by atoms with Gasteiger partial charge in [-0.1, -0.05) is 0 Å². The van der Waals surface area contributed by atoms with Crippen LogP contribution in [0.1, 0.15) is 5.69 Å². The van der Waals surface area contributed by atoms with Crippen molar-refractivity contribution in [1.29, 1.82) is 0 Å². The number of carbonyl (C=O) groups excluding carboxylic acids is 1. The van der Waals surface area contributed by atoms with E-state index in [1.165, 1.54) is 25.4 Å². The second-order valence-electron chi connectivity index (χ2n) is 2.34. The van der Waals surface area contributed by atoms with Crippen LogP contribution in [0, 0.1) is 5.82 Å².